The number of carbonyl (C=O) groups excluding carboxylic acids is 1. The monoisotopic (exact) mass is 255 g/mol. The van der Waals surface area contributed by atoms with Crippen LogP contribution in [0.3, 0.4) is 0 Å². The van der Waals surface area contributed by atoms with Gasteiger partial charge in [0.25, 0.3) is 0 Å². The van der Waals surface area contributed by atoms with Crippen LogP contribution in [0.2, 0.25) is 0 Å². The fraction of sp³-hybridized carbons (Fsp3) is 0.0714. The topological polar surface area (TPSA) is 47.3 Å². The summed E-state index contributed by atoms with van der Waals surface area (Å²) in [4.78, 5) is 11.0. The third-order valence-electron chi connectivity index (χ3n) is 2.88. The maximum atomic E-state index is 13.3. The highest BCUT2D eigenvalue weighted by atomic mass is 19.1. The molecule has 0 N–H and O–H groups in total. The summed E-state index contributed by atoms with van der Waals surface area (Å²) in [6.45, 7) is 1.88. The van der Waals surface area contributed by atoms with E-state index in [1.54, 1.807) is 22.6 Å². The third-order valence-corrected chi connectivity index (χ3v) is 2.88. The lowest BCUT2D eigenvalue weighted by molar-refractivity contribution is 0.112. The molecule has 3 aromatic rings. The summed E-state index contributed by atoms with van der Waals surface area (Å²) in [6.07, 6.45) is 2.56. The molecule has 0 aliphatic rings. The fourth-order valence-electron chi connectivity index (χ4n) is 2.07. The summed E-state index contributed by atoms with van der Waals surface area (Å²) in [5.41, 5.74) is 2.47. The number of halogens is 1. The van der Waals surface area contributed by atoms with Crippen molar-refractivity contribution in [2.45, 2.75) is 6.92 Å². The van der Waals surface area contributed by atoms with Crippen molar-refractivity contribution < 1.29 is 9.18 Å². The van der Waals surface area contributed by atoms with Gasteiger partial charge in [-0.25, -0.2) is 4.39 Å². The van der Waals surface area contributed by atoms with Crippen molar-refractivity contribution in [3.05, 3.63) is 53.5 Å². The second-order valence-corrected chi connectivity index (χ2v) is 4.32. The van der Waals surface area contributed by atoms with E-state index in [0.29, 0.717) is 22.6 Å². The Balaban J connectivity index is 2.31. The first-order chi connectivity index (χ1) is 9.19. The molecule has 2 aromatic heterocycles. The molecule has 0 saturated carbocycles. The van der Waals surface area contributed by atoms with Crippen molar-refractivity contribution in [1.82, 2.24) is 14.6 Å². The molecule has 0 unspecified atom stereocenters. The van der Waals surface area contributed by atoms with Gasteiger partial charge in [-0.05, 0) is 30.7 Å². The zero-order chi connectivity index (χ0) is 13.4. The molecule has 3 rings (SSSR count). The third kappa shape index (κ3) is 1.89. The average molecular weight is 255 g/mol. The van der Waals surface area contributed by atoms with Gasteiger partial charge < -0.3 is 0 Å². The van der Waals surface area contributed by atoms with Gasteiger partial charge in [0.15, 0.2) is 17.8 Å². The Morgan fingerprint density at radius 1 is 1.26 bits per heavy atom. The SMILES string of the molecule is Cc1cc(C=O)c2nnc(-c3cccc(F)c3)n2c1. The van der Waals surface area contributed by atoms with E-state index in [2.05, 4.69) is 10.2 Å². The van der Waals surface area contributed by atoms with Crippen LogP contribution in [0, 0.1) is 12.7 Å². The lowest BCUT2D eigenvalue weighted by atomic mass is 10.2. The van der Waals surface area contributed by atoms with E-state index < -0.39 is 0 Å². The molecule has 0 saturated heterocycles. The summed E-state index contributed by atoms with van der Waals surface area (Å²) >= 11 is 0. The Morgan fingerprint density at radius 3 is 2.84 bits per heavy atom. The second-order valence-electron chi connectivity index (χ2n) is 4.32. The van der Waals surface area contributed by atoms with Gasteiger partial charge in [0.2, 0.25) is 0 Å². The molecular weight excluding hydrogens is 245 g/mol. The Hall–Kier alpha value is -2.56. The number of aromatic nitrogens is 3. The van der Waals surface area contributed by atoms with Crippen LogP contribution in [-0.2, 0) is 0 Å². The predicted molar refractivity (Wildman–Crippen MR) is 68.5 cm³/mol. The van der Waals surface area contributed by atoms with Crippen LogP contribution >= 0.6 is 0 Å². The predicted octanol–water partition coefficient (Wildman–Crippen LogP) is 2.66. The van der Waals surface area contributed by atoms with Gasteiger partial charge in [-0.15, -0.1) is 10.2 Å². The van der Waals surface area contributed by atoms with Gasteiger partial charge in [0.05, 0.1) is 5.56 Å². The van der Waals surface area contributed by atoms with Crippen LogP contribution in [-0.4, -0.2) is 20.9 Å². The lowest BCUT2D eigenvalue weighted by Crippen LogP contribution is -1.95. The highest BCUT2D eigenvalue weighted by Gasteiger charge is 2.12. The number of carbonyl (C=O) groups is 1. The molecule has 5 heteroatoms. The van der Waals surface area contributed by atoms with E-state index >= 15 is 0 Å². The first-order valence-electron chi connectivity index (χ1n) is 5.75. The number of rotatable bonds is 2. The molecule has 0 radical (unpaired) electrons. The quantitative estimate of drug-likeness (QED) is 0.661. The van der Waals surface area contributed by atoms with Crippen LogP contribution in [0.4, 0.5) is 4.39 Å². The second kappa shape index (κ2) is 4.28. The molecule has 1 aromatic carbocycles. The molecule has 0 bridgehead atoms. The van der Waals surface area contributed by atoms with Crippen LogP contribution < -0.4 is 0 Å². The number of nitrogens with zero attached hydrogens (tertiary/aromatic N) is 3. The molecule has 0 aliphatic heterocycles. The van der Waals surface area contributed by atoms with Crippen LogP contribution in [0.15, 0.2) is 36.5 Å². The molecule has 0 fully saturated rings. The van der Waals surface area contributed by atoms with Crippen molar-refractivity contribution in [3.63, 3.8) is 0 Å². The molecule has 2 heterocycles. The minimum atomic E-state index is -0.336. The maximum Gasteiger partial charge on any atom is 0.171 e. The van der Waals surface area contributed by atoms with Gasteiger partial charge in [0, 0.05) is 11.8 Å². The van der Waals surface area contributed by atoms with E-state index in [1.165, 1.54) is 12.1 Å². The zero-order valence-electron chi connectivity index (χ0n) is 10.2. The van der Waals surface area contributed by atoms with E-state index in [0.717, 1.165) is 11.8 Å². The summed E-state index contributed by atoms with van der Waals surface area (Å²) in [7, 11) is 0. The van der Waals surface area contributed by atoms with Gasteiger partial charge in [-0.2, -0.15) is 0 Å². The molecule has 94 valence electrons. The fourth-order valence-corrected chi connectivity index (χ4v) is 2.07. The number of aryl methyl sites for hydroxylation is 1. The van der Waals surface area contributed by atoms with Crippen molar-refractivity contribution >= 4 is 11.9 Å². The minimum Gasteiger partial charge on any atom is -0.298 e. The maximum absolute atomic E-state index is 13.3. The van der Waals surface area contributed by atoms with Crippen LogP contribution in [0.25, 0.3) is 17.0 Å². The van der Waals surface area contributed by atoms with E-state index in [-0.39, 0.29) is 5.82 Å². The first kappa shape index (κ1) is 11.5. The largest absolute Gasteiger partial charge is 0.298 e. The van der Waals surface area contributed by atoms with Crippen LogP contribution in [0.1, 0.15) is 15.9 Å². The Bertz CT molecular complexity index is 779. The highest BCUT2D eigenvalue weighted by molar-refractivity contribution is 5.85. The van der Waals surface area contributed by atoms with Crippen LogP contribution in [0.5, 0.6) is 0 Å². The summed E-state index contributed by atoms with van der Waals surface area (Å²) in [6, 6.07) is 7.87. The van der Waals surface area contributed by atoms with E-state index in [1.807, 2.05) is 13.1 Å². The highest BCUT2D eigenvalue weighted by Crippen LogP contribution is 2.21. The van der Waals surface area contributed by atoms with E-state index in [4.69, 9.17) is 0 Å². The average Bonchev–Trinajstić information content (AvgIpc) is 2.81. The molecule has 19 heavy (non-hydrogen) atoms. The number of pyridine rings is 1. The summed E-state index contributed by atoms with van der Waals surface area (Å²) in [5, 5.41) is 8.04. The Labute approximate surface area is 108 Å². The smallest absolute Gasteiger partial charge is 0.171 e. The molecule has 0 spiro atoms. The van der Waals surface area contributed by atoms with Gasteiger partial charge in [-0.1, -0.05) is 12.1 Å². The zero-order valence-corrected chi connectivity index (χ0v) is 10.2. The number of fused-ring (bicyclic) bond motifs is 1. The van der Waals surface area contributed by atoms with E-state index in [9.17, 15) is 9.18 Å². The Morgan fingerprint density at radius 2 is 2.11 bits per heavy atom. The normalized spacial score (nSPS) is 10.8. The number of hydrogen-bond acceptors (Lipinski definition) is 3. The van der Waals surface area contributed by atoms with Crippen molar-refractivity contribution in [2.75, 3.05) is 0 Å². The summed E-state index contributed by atoms with van der Waals surface area (Å²) < 4.78 is 15.0. The Kier molecular flexibility index (Phi) is 2.59. The number of benzene rings is 1. The van der Waals surface area contributed by atoms with Crippen molar-refractivity contribution in [3.8, 4) is 11.4 Å². The summed E-state index contributed by atoms with van der Waals surface area (Å²) in [5.74, 6) is 0.179. The number of aldehydes is 1. The molecule has 0 aliphatic carbocycles. The first-order valence-corrected chi connectivity index (χ1v) is 5.75. The standard InChI is InChI=1S/C14H10FN3O/c1-9-5-11(8-19)14-17-16-13(18(14)7-9)10-3-2-4-12(15)6-10/h2-8H,1H3. The molecule has 0 atom stereocenters. The van der Waals surface area contributed by atoms with Crippen molar-refractivity contribution in [2.24, 2.45) is 0 Å². The molecule has 0 amide bonds. The number of hydrogen-bond donors (Lipinski definition) is 0. The van der Waals surface area contributed by atoms with Gasteiger partial charge >= 0.3 is 0 Å². The lowest BCUT2D eigenvalue weighted by Gasteiger charge is -2.03. The minimum absolute atomic E-state index is 0.336. The van der Waals surface area contributed by atoms with Gasteiger partial charge in [-0.3, -0.25) is 9.20 Å². The van der Waals surface area contributed by atoms with Crippen molar-refractivity contribution in [1.29, 1.82) is 0 Å². The molecular formula is C14H10FN3O. The van der Waals surface area contributed by atoms with Gasteiger partial charge in [0.1, 0.15) is 5.82 Å². The molecule has 4 nitrogen and oxygen atoms in total.